The highest BCUT2D eigenvalue weighted by Crippen LogP contribution is 2.26. The number of rotatable bonds is 10. The lowest BCUT2D eigenvalue weighted by molar-refractivity contribution is -0.142. The molecular formula is C23H27N3O6S. The van der Waals surface area contributed by atoms with Gasteiger partial charge >= 0.3 is 5.97 Å². The number of carbonyl (C=O) groups excluding carboxylic acids is 2. The van der Waals surface area contributed by atoms with Gasteiger partial charge in [0.1, 0.15) is 12.1 Å². The van der Waals surface area contributed by atoms with E-state index in [0.29, 0.717) is 12.8 Å². The van der Waals surface area contributed by atoms with Crippen LogP contribution in [0.1, 0.15) is 24.8 Å². The van der Waals surface area contributed by atoms with Gasteiger partial charge in [-0.15, -0.1) is 0 Å². The van der Waals surface area contributed by atoms with Crippen molar-refractivity contribution in [2.24, 2.45) is 0 Å². The quantitative estimate of drug-likeness (QED) is 0.474. The molecule has 33 heavy (non-hydrogen) atoms. The molecule has 10 heteroatoms. The van der Waals surface area contributed by atoms with Crippen molar-refractivity contribution in [1.29, 1.82) is 0 Å². The molecule has 2 aromatic carbocycles. The number of carboxylic acids is 1. The van der Waals surface area contributed by atoms with Crippen molar-refractivity contribution in [3.63, 3.8) is 0 Å². The minimum Gasteiger partial charge on any atom is -0.480 e. The fourth-order valence-electron chi connectivity index (χ4n) is 3.69. The molecule has 0 aliphatic carbocycles. The number of nitrogens with zero attached hydrogens (tertiary/aromatic N) is 1. The highest BCUT2D eigenvalue weighted by atomic mass is 32.2. The van der Waals surface area contributed by atoms with Gasteiger partial charge in [-0.2, -0.15) is 4.31 Å². The number of aliphatic carboxylic acids is 1. The number of hydrogen-bond donors (Lipinski definition) is 3. The summed E-state index contributed by atoms with van der Waals surface area (Å²) in [5.41, 5.74) is 0.983. The fraction of sp³-hybridized carbons (Fsp3) is 0.348. The number of amides is 2. The average Bonchev–Trinajstić information content (AvgIpc) is 3.32. The molecule has 2 amide bonds. The number of nitrogens with one attached hydrogen (secondary N) is 2. The number of aryl methyl sites for hydroxylation is 1. The highest BCUT2D eigenvalue weighted by molar-refractivity contribution is 7.89. The van der Waals surface area contributed by atoms with Crippen LogP contribution in [-0.2, 0) is 30.8 Å². The van der Waals surface area contributed by atoms with Crippen molar-refractivity contribution < 1.29 is 27.9 Å². The van der Waals surface area contributed by atoms with Crippen molar-refractivity contribution in [1.82, 2.24) is 14.9 Å². The van der Waals surface area contributed by atoms with Crippen molar-refractivity contribution in [2.75, 3.05) is 13.1 Å². The lowest BCUT2D eigenvalue weighted by atomic mass is 10.1. The molecule has 0 unspecified atom stereocenters. The third-order valence-corrected chi connectivity index (χ3v) is 7.38. The molecule has 176 valence electrons. The molecule has 1 aliphatic heterocycles. The summed E-state index contributed by atoms with van der Waals surface area (Å²) in [6.07, 6.45) is 1.45. The Kier molecular flexibility index (Phi) is 8.18. The smallest absolute Gasteiger partial charge is 0.328 e. The maximum absolute atomic E-state index is 12.9. The lowest BCUT2D eigenvalue weighted by Crippen LogP contribution is -2.54. The molecule has 1 fully saturated rings. The molecule has 0 saturated carbocycles. The second-order valence-corrected chi connectivity index (χ2v) is 9.67. The first-order valence-corrected chi connectivity index (χ1v) is 12.1. The number of hydrogen-bond acceptors (Lipinski definition) is 5. The zero-order chi connectivity index (χ0) is 23.8. The molecule has 3 N–H and O–H groups in total. The van der Waals surface area contributed by atoms with Crippen molar-refractivity contribution in [3.8, 4) is 0 Å². The monoisotopic (exact) mass is 473 g/mol. The van der Waals surface area contributed by atoms with Crippen LogP contribution < -0.4 is 10.6 Å². The summed E-state index contributed by atoms with van der Waals surface area (Å²) in [6, 6.07) is 14.8. The summed E-state index contributed by atoms with van der Waals surface area (Å²) < 4.78 is 27.0. The van der Waals surface area contributed by atoms with Gasteiger partial charge in [0.15, 0.2) is 0 Å². The van der Waals surface area contributed by atoms with Crippen LogP contribution in [0.3, 0.4) is 0 Å². The van der Waals surface area contributed by atoms with Crippen molar-refractivity contribution >= 4 is 27.8 Å². The predicted octanol–water partition coefficient (Wildman–Crippen LogP) is 1.16. The average molecular weight is 474 g/mol. The number of benzene rings is 2. The summed E-state index contributed by atoms with van der Waals surface area (Å²) in [5, 5.41) is 14.4. The van der Waals surface area contributed by atoms with E-state index < -0.39 is 34.0 Å². The largest absolute Gasteiger partial charge is 0.480 e. The van der Waals surface area contributed by atoms with Gasteiger partial charge in [0.05, 0.1) is 4.90 Å². The van der Waals surface area contributed by atoms with E-state index in [2.05, 4.69) is 10.6 Å². The van der Waals surface area contributed by atoms with Gasteiger partial charge in [-0.05, 0) is 37.0 Å². The lowest BCUT2D eigenvalue weighted by Gasteiger charge is -2.25. The van der Waals surface area contributed by atoms with Gasteiger partial charge in [0, 0.05) is 19.5 Å². The van der Waals surface area contributed by atoms with Gasteiger partial charge < -0.3 is 15.7 Å². The molecule has 0 spiro atoms. The molecule has 1 saturated heterocycles. The van der Waals surface area contributed by atoms with Gasteiger partial charge in [0.2, 0.25) is 21.8 Å². The minimum absolute atomic E-state index is 0.0742. The molecule has 0 bridgehead atoms. The van der Waals surface area contributed by atoms with Crippen molar-refractivity contribution in [2.45, 2.75) is 42.7 Å². The second kappa shape index (κ2) is 11.1. The van der Waals surface area contributed by atoms with E-state index in [4.69, 9.17) is 0 Å². The Balaban J connectivity index is 1.58. The second-order valence-electron chi connectivity index (χ2n) is 7.78. The maximum atomic E-state index is 12.9. The topological polar surface area (TPSA) is 133 Å². The van der Waals surface area contributed by atoms with E-state index in [1.807, 2.05) is 30.3 Å². The highest BCUT2D eigenvalue weighted by Gasteiger charge is 2.40. The Morgan fingerprint density at radius 1 is 1.03 bits per heavy atom. The van der Waals surface area contributed by atoms with Crippen LogP contribution >= 0.6 is 0 Å². The Labute approximate surface area is 192 Å². The zero-order valence-electron chi connectivity index (χ0n) is 18.0. The van der Waals surface area contributed by atoms with Crippen LogP contribution in [-0.4, -0.2) is 60.8 Å². The zero-order valence-corrected chi connectivity index (χ0v) is 18.8. The van der Waals surface area contributed by atoms with E-state index >= 15 is 0 Å². The molecule has 2 atom stereocenters. The molecule has 0 aromatic heterocycles. The van der Waals surface area contributed by atoms with Gasteiger partial charge in [0.25, 0.3) is 0 Å². The standard InChI is InChI=1S/C23H27N3O6S/c27-21(14-13-17-8-3-1-4-9-17)24-16-19(23(29)30)25-22(28)20-12-7-15-26(20)33(31,32)18-10-5-2-6-11-18/h1-6,8-11,19-20H,7,12-16H2,(H,24,27)(H,25,28)(H,29,30)/t19-,20-/m0/s1. The maximum Gasteiger partial charge on any atom is 0.328 e. The number of carbonyl (C=O) groups is 3. The summed E-state index contributed by atoms with van der Waals surface area (Å²) in [7, 11) is -3.89. The normalized spacial score (nSPS) is 17.3. The van der Waals surface area contributed by atoms with Crippen LogP contribution in [0.5, 0.6) is 0 Å². The van der Waals surface area contributed by atoms with Gasteiger partial charge in [-0.1, -0.05) is 48.5 Å². The summed E-state index contributed by atoms with van der Waals surface area (Å²) in [4.78, 5) is 36.7. The minimum atomic E-state index is -3.89. The Bertz CT molecular complexity index is 1080. The Hall–Kier alpha value is -3.24. The summed E-state index contributed by atoms with van der Waals surface area (Å²) in [6.45, 7) is -0.129. The van der Waals surface area contributed by atoms with Crippen LogP contribution in [0.25, 0.3) is 0 Å². The van der Waals surface area contributed by atoms with E-state index in [0.717, 1.165) is 9.87 Å². The third-order valence-electron chi connectivity index (χ3n) is 5.46. The Morgan fingerprint density at radius 2 is 1.67 bits per heavy atom. The van der Waals surface area contributed by atoms with Crippen LogP contribution in [0.15, 0.2) is 65.6 Å². The van der Waals surface area contributed by atoms with Crippen LogP contribution in [0.4, 0.5) is 0 Å². The molecule has 1 heterocycles. The van der Waals surface area contributed by atoms with Crippen LogP contribution in [0, 0.1) is 0 Å². The first-order valence-electron chi connectivity index (χ1n) is 10.7. The first-order chi connectivity index (χ1) is 15.8. The van der Waals surface area contributed by atoms with Gasteiger partial charge in [-0.3, -0.25) is 9.59 Å². The molecular weight excluding hydrogens is 446 g/mol. The molecule has 2 aromatic rings. The van der Waals surface area contributed by atoms with E-state index in [1.165, 1.54) is 12.1 Å². The van der Waals surface area contributed by atoms with Crippen molar-refractivity contribution in [3.05, 3.63) is 66.2 Å². The Morgan fingerprint density at radius 3 is 2.30 bits per heavy atom. The summed E-state index contributed by atoms with van der Waals surface area (Å²) in [5.74, 6) is -2.35. The SMILES string of the molecule is O=C(CCc1ccccc1)NC[C@H](NC(=O)[C@@H]1CCCN1S(=O)(=O)c1ccccc1)C(=O)O. The molecule has 3 rings (SSSR count). The predicted molar refractivity (Wildman–Crippen MR) is 121 cm³/mol. The third kappa shape index (κ3) is 6.39. The van der Waals surface area contributed by atoms with E-state index in [9.17, 15) is 27.9 Å². The number of carboxylic acid groups (broad SMARTS) is 1. The number of sulfonamides is 1. The first kappa shape index (κ1) is 24.4. The van der Waals surface area contributed by atoms with Gasteiger partial charge in [-0.25, -0.2) is 13.2 Å². The fourth-order valence-corrected chi connectivity index (χ4v) is 5.37. The van der Waals surface area contributed by atoms with Crippen LogP contribution in [0.2, 0.25) is 0 Å². The molecule has 9 nitrogen and oxygen atoms in total. The van der Waals surface area contributed by atoms with E-state index in [1.54, 1.807) is 18.2 Å². The van der Waals surface area contributed by atoms with E-state index in [-0.39, 0.29) is 36.7 Å². The molecule has 0 radical (unpaired) electrons. The summed E-state index contributed by atoms with van der Waals surface area (Å²) >= 11 is 0. The molecule has 1 aliphatic rings.